The van der Waals surface area contributed by atoms with Gasteiger partial charge in [0.05, 0.1) is 24.2 Å². The van der Waals surface area contributed by atoms with E-state index in [2.05, 4.69) is 204 Å². The van der Waals surface area contributed by atoms with Gasteiger partial charge in [-0.15, -0.1) is 0 Å². The van der Waals surface area contributed by atoms with Crippen molar-refractivity contribution < 1.29 is 20.4 Å². The van der Waals surface area contributed by atoms with Crippen molar-refractivity contribution in [3.8, 4) is 0 Å². The normalized spacial score (nSPS) is 20.9. The molecule has 0 saturated carbocycles. The summed E-state index contributed by atoms with van der Waals surface area (Å²) in [6.07, 6.45) is 9.57. The molecule has 242 valence electrons. The van der Waals surface area contributed by atoms with E-state index in [0.29, 0.717) is 24.2 Å². The Hall–Kier alpha value is -3.76. The average molecular weight is 763 g/mol. The molecule has 49 heavy (non-hydrogen) atoms. The largest absolute Gasteiger partial charge is 0.150 e. The van der Waals surface area contributed by atoms with Crippen LogP contribution in [0.3, 0.4) is 0 Å². The van der Waals surface area contributed by atoms with Gasteiger partial charge < -0.3 is 0 Å². The van der Waals surface area contributed by atoms with Gasteiger partial charge in [-0.25, -0.2) is 0 Å². The minimum Gasteiger partial charge on any atom is -0.150 e. The van der Waals surface area contributed by atoms with Gasteiger partial charge in [-0.3, -0.25) is 0 Å². The van der Waals surface area contributed by atoms with Crippen LogP contribution >= 0.6 is 16.1 Å². The molecule has 0 aliphatic carbocycles. The summed E-state index contributed by atoms with van der Waals surface area (Å²) in [5.74, 6) is 0. The SMILES string of the molecule is C1=C[C@H]2c3ccccc3[C@@H]1N2[PH+](c1ccccc1)c1ccccc1.C1=C[C@H]2c3ccccc3[C@@H]1N2[PH+](c1ccccc1)c1ccccc1.[Pd]. The average Bonchev–Trinajstić information content (AvgIpc) is 3.93. The van der Waals surface area contributed by atoms with E-state index < -0.39 is 16.1 Å². The van der Waals surface area contributed by atoms with E-state index in [9.17, 15) is 0 Å². The number of hydrogen-bond donors (Lipinski definition) is 0. The molecule has 0 spiro atoms. The van der Waals surface area contributed by atoms with Crippen molar-refractivity contribution in [3.05, 3.63) is 216 Å². The zero-order valence-corrected chi connectivity index (χ0v) is 30.5. The van der Waals surface area contributed by atoms with Gasteiger partial charge in [-0.1, -0.05) is 146 Å². The second-order valence-electron chi connectivity index (χ2n) is 12.8. The van der Waals surface area contributed by atoms with Crippen molar-refractivity contribution in [2.45, 2.75) is 24.2 Å². The van der Waals surface area contributed by atoms with E-state index in [0.717, 1.165) is 0 Å². The standard InChI is InChI=1S/2C22H18NP.Pd/c2*1-3-9-17(10-4-1)24(18-11-5-2-6-12-18)23-21-15-16-22(23)20-14-8-7-13-19(20)21;/h2*1-16,21-22H;/p+2/t2*21-,22+;. The Balaban J connectivity index is 0.000000139. The van der Waals surface area contributed by atoms with E-state index in [4.69, 9.17) is 0 Å². The van der Waals surface area contributed by atoms with Gasteiger partial charge in [0.1, 0.15) is 37.4 Å². The van der Waals surface area contributed by atoms with E-state index in [1.165, 1.54) is 43.5 Å². The van der Waals surface area contributed by atoms with Crippen LogP contribution in [0.25, 0.3) is 0 Å². The Morgan fingerprint density at radius 2 is 0.490 bits per heavy atom. The quantitative estimate of drug-likeness (QED) is 0.0951. The summed E-state index contributed by atoms with van der Waals surface area (Å²) in [5.41, 5.74) is 5.94. The fraction of sp³-hybridized carbons (Fsp3) is 0.0909. The molecular weight excluding hydrogens is 725 g/mol. The Bertz CT molecular complexity index is 1790. The monoisotopic (exact) mass is 762 g/mol. The summed E-state index contributed by atoms with van der Waals surface area (Å²) in [4.78, 5) is 0. The van der Waals surface area contributed by atoms with E-state index in [-0.39, 0.29) is 20.4 Å². The van der Waals surface area contributed by atoms with Crippen molar-refractivity contribution in [3.63, 3.8) is 0 Å². The fourth-order valence-corrected chi connectivity index (χ4v) is 14.0. The predicted molar refractivity (Wildman–Crippen MR) is 207 cm³/mol. The van der Waals surface area contributed by atoms with Crippen molar-refractivity contribution in [2.75, 3.05) is 0 Å². The molecule has 4 aliphatic heterocycles. The van der Waals surface area contributed by atoms with Crippen LogP contribution in [0.2, 0.25) is 0 Å². The molecule has 6 aromatic rings. The molecule has 4 heterocycles. The van der Waals surface area contributed by atoms with Gasteiger partial charge in [0.25, 0.3) is 0 Å². The maximum Gasteiger partial charge on any atom is 0.137 e. The molecule has 4 bridgehead atoms. The maximum atomic E-state index is 2.75. The molecule has 10 rings (SSSR count). The molecule has 0 N–H and O–H groups in total. The molecule has 2 nitrogen and oxygen atoms in total. The Morgan fingerprint density at radius 1 is 0.286 bits per heavy atom. The molecule has 4 atom stereocenters. The Kier molecular flexibility index (Phi) is 9.42. The van der Waals surface area contributed by atoms with Crippen molar-refractivity contribution >= 4 is 37.4 Å². The van der Waals surface area contributed by atoms with Gasteiger partial charge >= 0.3 is 0 Å². The van der Waals surface area contributed by atoms with Crippen LogP contribution in [-0.4, -0.2) is 9.34 Å². The summed E-state index contributed by atoms with van der Waals surface area (Å²) in [7, 11) is -2.02. The molecule has 0 fully saturated rings. The molecule has 5 heteroatoms. The van der Waals surface area contributed by atoms with Crippen LogP contribution < -0.4 is 21.2 Å². The van der Waals surface area contributed by atoms with Crippen LogP contribution in [0.5, 0.6) is 0 Å². The van der Waals surface area contributed by atoms with Gasteiger partial charge in [0.15, 0.2) is 0 Å². The van der Waals surface area contributed by atoms with E-state index >= 15 is 0 Å². The van der Waals surface area contributed by atoms with Crippen LogP contribution in [0.4, 0.5) is 0 Å². The zero-order chi connectivity index (χ0) is 31.9. The third kappa shape index (κ3) is 5.84. The van der Waals surface area contributed by atoms with Gasteiger partial charge in [0.2, 0.25) is 0 Å². The van der Waals surface area contributed by atoms with E-state index in [1.54, 1.807) is 0 Å². The minimum atomic E-state index is -1.01. The molecule has 0 radical (unpaired) electrons. The maximum absolute atomic E-state index is 2.75. The number of fused-ring (bicyclic) bond motifs is 10. The smallest absolute Gasteiger partial charge is 0.137 e. The van der Waals surface area contributed by atoms with Crippen LogP contribution in [0, 0.1) is 0 Å². The first-order valence-electron chi connectivity index (χ1n) is 16.9. The third-order valence-electron chi connectivity index (χ3n) is 10.1. The predicted octanol–water partition coefficient (Wildman–Crippen LogP) is 8.87. The summed E-state index contributed by atoms with van der Waals surface area (Å²) in [6.45, 7) is 0. The first-order chi connectivity index (χ1) is 23.9. The van der Waals surface area contributed by atoms with Crippen molar-refractivity contribution in [2.24, 2.45) is 0 Å². The molecule has 0 amide bonds. The minimum absolute atomic E-state index is 0. The summed E-state index contributed by atoms with van der Waals surface area (Å²) < 4.78 is 5.50. The van der Waals surface area contributed by atoms with E-state index in [1.807, 2.05) is 0 Å². The molecule has 0 saturated heterocycles. The topological polar surface area (TPSA) is 6.48 Å². The second-order valence-corrected chi connectivity index (χ2v) is 17.5. The number of rotatable bonds is 6. The number of nitrogens with zero attached hydrogens (tertiary/aromatic N) is 2. The molecular formula is C44H38N2P2Pd+2. The fourth-order valence-electron chi connectivity index (χ4n) is 8.12. The molecule has 4 aliphatic rings. The molecule has 6 aromatic carbocycles. The second kappa shape index (κ2) is 14.2. The first-order valence-corrected chi connectivity index (χ1v) is 19.8. The van der Waals surface area contributed by atoms with Crippen molar-refractivity contribution in [1.82, 2.24) is 9.34 Å². The first kappa shape index (κ1) is 32.4. The Labute approximate surface area is 306 Å². The Morgan fingerprint density at radius 3 is 0.714 bits per heavy atom. The molecule has 0 aromatic heterocycles. The summed E-state index contributed by atoms with van der Waals surface area (Å²) >= 11 is 0. The van der Waals surface area contributed by atoms with Gasteiger partial charge in [-0.05, 0) is 70.8 Å². The number of hydrogen-bond acceptors (Lipinski definition) is 2. The van der Waals surface area contributed by atoms with Crippen LogP contribution in [0.1, 0.15) is 46.4 Å². The summed E-state index contributed by atoms with van der Waals surface area (Å²) in [5, 5.41) is 5.83. The van der Waals surface area contributed by atoms with Gasteiger partial charge in [-0.2, -0.15) is 9.34 Å². The summed E-state index contributed by atoms with van der Waals surface area (Å²) in [6, 6.07) is 63.7. The van der Waals surface area contributed by atoms with Crippen LogP contribution in [0.15, 0.2) is 194 Å². The van der Waals surface area contributed by atoms with Crippen molar-refractivity contribution in [1.29, 1.82) is 0 Å². The molecule has 0 unspecified atom stereocenters. The third-order valence-corrected chi connectivity index (χ3v) is 15.8. The van der Waals surface area contributed by atoms with Gasteiger partial charge in [0, 0.05) is 20.4 Å². The zero-order valence-electron chi connectivity index (χ0n) is 27.0. The number of benzene rings is 6. The van der Waals surface area contributed by atoms with Crippen LogP contribution in [-0.2, 0) is 20.4 Å².